The summed E-state index contributed by atoms with van der Waals surface area (Å²) in [7, 11) is -2.23. The van der Waals surface area contributed by atoms with E-state index in [2.05, 4.69) is 0 Å². The van der Waals surface area contributed by atoms with Crippen LogP contribution in [0.1, 0.15) is 6.92 Å². The standard InChI is InChI=1S/C4H9O2P/c1-2-3-4-7(5)6/h2-3,7H,4H2,1H3,(H,5,6)/b3-2-. The Morgan fingerprint density at radius 2 is 2.43 bits per heavy atom. The first kappa shape index (κ1) is 6.93. The van der Waals surface area contributed by atoms with Crippen LogP contribution in [0, 0.1) is 0 Å². The predicted molar refractivity (Wildman–Crippen MR) is 30.9 cm³/mol. The van der Waals surface area contributed by atoms with Crippen LogP contribution >= 0.6 is 8.03 Å². The molecule has 0 saturated carbocycles. The molecule has 0 amide bonds. The summed E-state index contributed by atoms with van der Waals surface area (Å²) in [6, 6.07) is 0. The molecule has 0 aromatic heterocycles. The highest BCUT2D eigenvalue weighted by molar-refractivity contribution is 7.38. The summed E-state index contributed by atoms with van der Waals surface area (Å²) in [5, 5.41) is 0. The Balaban J connectivity index is 3.14. The van der Waals surface area contributed by atoms with Gasteiger partial charge in [0.2, 0.25) is 0 Å². The van der Waals surface area contributed by atoms with Gasteiger partial charge in [-0.1, -0.05) is 12.2 Å². The van der Waals surface area contributed by atoms with E-state index in [1.54, 1.807) is 12.2 Å². The van der Waals surface area contributed by atoms with Gasteiger partial charge in [-0.3, -0.25) is 4.57 Å². The second-order valence-electron chi connectivity index (χ2n) is 1.17. The minimum absolute atomic E-state index is 0.321. The van der Waals surface area contributed by atoms with Crippen molar-refractivity contribution in [2.24, 2.45) is 0 Å². The lowest BCUT2D eigenvalue weighted by atomic mass is 10.6. The molecular formula is C4H9O2P. The van der Waals surface area contributed by atoms with Gasteiger partial charge in [0.15, 0.2) is 8.03 Å². The second kappa shape index (κ2) is 4.10. The molecule has 0 aliphatic carbocycles. The Kier molecular flexibility index (Phi) is 4.06. The zero-order chi connectivity index (χ0) is 5.70. The van der Waals surface area contributed by atoms with E-state index in [4.69, 9.17) is 4.89 Å². The maximum absolute atomic E-state index is 9.89. The van der Waals surface area contributed by atoms with Crippen molar-refractivity contribution in [2.45, 2.75) is 6.92 Å². The average molecular weight is 120 g/mol. The molecule has 0 heterocycles. The van der Waals surface area contributed by atoms with Crippen LogP contribution in [0.2, 0.25) is 0 Å². The Morgan fingerprint density at radius 1 is 1.86 bits per heavy atom. The molecule has 0 aromatic carbocycles. The molecule has 2 nitrogen and oxygen atoms in total. The van der Waals surface area contributed by atoms with Crippen molar-refractivity contribution in [1.82, 2.24) is 0 Å². The van der Waals surface area contributed by atoms with Crippen molar-refractivity contribution >= 4 is 8.03 Å². The number of rotatable bonds is 2. The molecule has 3 heteroatoms. The van der Waals surface area contributed by atoms with Crippen molar-refractivity contribution in [2.75, 3.05) is 6.16 Å². The predicted octanol–water partition coefficient (Wildman–Crippen LogP) is 1.03. The smallest absolute Gasteiger partial charge is 0.192 e. The summed E-state index contributed by atoms with van der Waals surface area (Å²) < 4.78 is 9.89. The number of hydrogen-bond donors (Lipinski definition) is 1. The summed E-state index contributed by atoms with van der Waals surface area (Å²) in [4.78, 5) is 8.18. The minimum Gasteiger partial charge on any atom is -0.346 e. The lowest BCUT2D eigenvalue weighted by Crippen LogP contribution is -1.63. The van der Waals surface area contributed by atoms with Gasteiger partial charge in [0, 0.05) is 6.16 Å². The van der Waals surface area contributed by atoms with E-state index in [1.165, 1.54) is 0 Å². The fourth-order valence-electron chi connectivity index (χ4n) is 0.219. The first-order chi connectivity index (χ1) is 3.27. The molecule has 1 atom stereocenters. The van der Waals surface area contributed by atoms with Crippen LogP contribution < -0.4 is 0 Å². The summed E-state index contributed by atoms with van der Waals surface area (Å²) >= 11 is 0. The van der Waals surface area contributed by atoms with Crippen molar-refractivity contribution in [3.63, 3.8) is 0 Å². The molecule has 0 bridgehead atoms. The quantitative estimate of drug-likeness (QED) is 0.436. The molecular weight excluding hydrogens is 111 g/mol. The topological polar surface area (TPSA) is 37.3 Å². The highest BCUT2D eigenvalue weighted by Gasteiger charge is 1.81. The van der Waals surface area contributed by atoms with E-state index in [0.717, 1.165) is 0 Å². The molecule has 1 unspecified atom stereocenters. The van der Waals surface area contributed by atoms with Crippen molar-refractivity contribution < 1.29 is 9.46 Å². The van der Waals surface area contributed by atoms with Gasteiger partial charge in [-0.15, -0.1) is 0 Å². The maximum Gasteiger partial charge on any atom is 0.192 e. The van der Waals surface area contributed by atoms with E-state index < -0.39 is 8.03 Å². The average Bonchev–Trinajstić information content (AvgIpc) is 1.61. The normalized spacial score (nSPS) is 15.1. The van der Waals surface area contributed by atoms with Crippen LogP contribution in [0.4, 0.5) is 0 Å². The molecule has 0 fully saturated rings. The Morgan fingerprint density at radius 3 is 2.57 bits per heavy atom. The van der Waals surface area contributed by atoms with Crippen LogP contribution in [0.15, 0.2) is 12.2 Å². The van der Waals surface area contributed by atoms with Gasteiger partial charge >= 0.3 is 0 Å². The van der Waals surface area contributed by atoms with Crippen molar-refractivity contribution in [3.05, 3.63) is 12.2 Å². The summed E-state index contributed by atoms with van der Waals surface area (Å²) in [5.74, 6) is 0. The van der Waals surface area contributed by atoms with Gasteiger partial charge in [-0.25, -0.2) is 0 Å². The van der Waals surface area contributed by atoms with E-state index in [-0.39, 0.29) is 0 Å². The first-order valence-electron chi connectivity index (χ1n) is 2.10. The molecule has 0 spiro atoms. The van der Waals surface area contributed by atoms with Crippen LogP contribution in [0.25, 0.3) is 0 Å². The van der Waals surface area contributed by atoms with Crippen molar-refractivity contribution in [3.8, 4) is 0 Å². The number of hydrogen-bond acceptors (Lipinski definition) is 1. The fourth-order valence-corrected chi connectivity index (χ4v) is 0.656. The summed E-state index contributed by atoms with van der Waals surface area (Å²) in [6.45, 7) is 1.82. The Hall–Kier alpha value is -0.0700. The largest absolute Gasteiger partial charge is 0.346 e. The minimum atomic E-state index is -2.23. The van der Waals surface area contributed by atoms with Gasteiger partial charge < -0.3 is 4.89 Å². The van der Waals surface area contributed by atoms with Crippen LogP contribution in [0.5, 0.6) is 0 Å². The van der Waals surface area contributed by atoms with Crippen molar-refractivity contribution in [1.29, 1.82) is 0 Å². The van der Waals surface area contributed by atoms with Gasteiger partial charge in [0.05, 0.1) is 0 Å². The highest BCUT2D eigenvalue weighted by Crippen LogP contribution is 2.10. The van der Waals surface area contributed by atoms with Gasteiger partial charge in [0.25, 0.3) is 0 Å². The second-order valence-corrected chi connectivity index (χ2v) is 2.36. The molecule has 0 rings (SSSR count). The molecule has 0 saturated heterocycles. The molecule has 0 aromatic rings. The third-order valence-electron chi connectivity index (χ3n) is 0.528. The molecule has 42 valence electrons. The summed E-state index contributed by atoms with van der Waals surface area (Å²) in [5.41, 5.74) is 0. The Bertz CT molecular complexity index is 87.7. The van der Waals surface area contributed by atoms with E-state index in [9.17, 15) is 4.57 Å². The SMILES string of the molecule is C/C=C\C[PH](=O)O. The summed E-state index contributed by atoms with van der Waals surface area (Å²) in [6.07, 6.45) is 3.77. The van der Waals surface area contributed by atoms with Gasteiger partial charge in [-0.05, 0) is 6.92 Å². The lowest BCUT2D eigenvalue weighted by molar-refractivity contribution is 0.506. The molecule has 1 N–H and O–H groups in total. The zero-order valence-corrected chi connectivity index (χ0v) is 5.22. The first-order valence-corrected chi connectivity index (χ1v) is 3.66. The third kappa shape index (κ3) is 5.93. The van der Waals surface area contributed by atoms with Gasteiger partial charge in [-0.2, -0.15) is 0 Å². The monoisotopic (exact) mass is 120 g/mol. The van der Waals surface area contributed by atoms with E-state index >= 15 is 0 Å². The number of allylic oxidation sites excluding steroid dienone is 2. The van der Waals surface area contributed by atoms with Crippen LogP contribution in [-0.4, -0.2) is 11.1 Å². The maximum atomic E-state index is 9.89. The zero-order valence-electron chi connectivity index (χ0n) is 4.22. The van der Waals surface area contributed by atoms with E-state index in [0.29, 0.717) is 6.16 Å². The third-order valence-corrected chi connectivity index (χ3v) is 1.11. The van der Waals surface area contributed by atoms with Gasteiger partial charge in [0.1, 0.15) is 0 Å². The van der Waals surface area contributed by atoms with Crippen LogP contribution in [-0.2, 0) is 4.57 Å². The van der Waals surface area contributed by atoms with Crippen LogP contribution in [0.3, 0.4) is 0 Å². The Labute approximate surface area is 43.7 Å². The van der Waals surface area contributed by atoms with E-state index in [1.807, 2.05) is 6.92 Å². The molecule has 0 aliphatic rings. The highest BCUT2D eigenvalue weighted by atomic mass is 31.1. The fraction of sp³-hybridized carbons (Fsp3) is 0.500. The molecule has 7 heavy (non-hydrogen) atoms. The molecule has 0 aliphatic heterocycles. The lowest BCUT2D eigenvalue weighted by Gasteiger charge is -1.79. The molecule has 0 radical (unpaired) electrons.